The van der Waals surface area contributed by atoms with Crippen LogP contribution in [0.2, 0.25) is 0 Å². The van der Waals surface area contributed by atoms with Gasteiger partial charge >= 0.3 is 0 Å². The van der Waals surface area contributed by atoms with Gasteiger partial charge in [-0.25, -0.2) is 0 Å². The Labute approximate surface area is 175 Å². The Morgan fingerprint density at radius 2 is 1.66 bits per heavy atom. The molecule has 1 saturated heterocycles. The van der Waals surface area contributed by atoms with E-state index in [-0.39, 0.29) is 11.3 Å². The fourth-order valence-electron chi connectivity index (χ4n) is 4.34. The molecule has 3 rings (SSSR count). The van der Waals surface area contributed by atoms with Crippen LogP contribution in [0.1, 0.15) is 62.5 Å². The van der Waals surface area contributed by atoms with Crippen LogP contribution in [-0.2, 0) is 5.41 Å². The van der Waals surface area contributed by atoms with Crippen molar-refractivity contribution >= 4 is 23.0 Å². The molecule has 0 radical (unpaired) electrons. The summed E-state index contributed by atoms with van der Waals surface area (Å²) in [7, 11) is 0. The Morgan fingerprint density at radius 1 is 1.07 bits per heavy atom. The molecule has 1 aliphatic heterocycles. The standard InChI is InChI=1S/C25H35N3O/c1-16-11-17(2)15-28(14-16)23-13-22(21(26)12-18(23)3)27-24(29)19-7-9-20(10-8-19)25(4,5)6/h7-10,12-13,16-17H,11,14-15,26H2,1-6H3,(H,27,29)/t16-,17+. The number of piperidine rings is 1. The van der Waals surface area contributed by atoms with Crippen LogP contribution in [-0.4, -0.2) is 19.0 Å². The van der Waals surface area contributed by atoms with Gasteiger partial charge in [0, 0.05) is 24.3 Å². The predicted octanol–water partition coefficient (Wildman–Crippen LogP) is 5.61. The molecule has 2 atom stereocenters. The molecule has 1 fully saturated rings. The highest BCUT2D eigenvalue weighted by atomic mass is 16.1. The summed E-state index contributed by atoms with van der Waals surface area (Å²) in [5.41, 5.74) is 11.8. The quantitative estimate of drug-likeness (QED) is 0.666. The van der Waals surface area contributed by atoms with E-state index >= 15 is 0 Å². The van der Waals surface area contributed by atoms with Crippen molar-refractivity contribution in [3.63, 3.8) is 0 Å². The first-order valence-corrected chi connectivity index (χ1v) is 10.6. The zero-order chi connectivity index (χ0) is 21.3. The number of amides is 1. The van der Waals surface area contributed by atoms with Gasteiger partial charge in [-0.05, 0) is 66.0 Å². The van der Waals surface area contributed by atoms with Crippen molar-refractivity contribution in [1.82, 2.24) is 0 Å². The molecule has 1 amide bonds. The zero-order valence-electron chi connectivity index (χ0n) is 18.7. The van der Waals surface area contributed by atoms with Gasteiger partial charge in [0.1, 0.15) is 0 Å². The maximum Gasteiger partial charge on any atom is 0.255 e. The molecule has 4 nitrogen and oxygen atoms in total. The van der Waals surface area contributed by atoms with Gasteiger partial charge in [0.2, 0.25) is 0 Å². The highest BCUT2D eigenvalue weighted by molar-refractivity contribution is 6.06. The molecule has 0 spiro atoms. The zero-order valence-corrected chi connectivity index (χ0v) is 18.7. The van der Waals surface area contributed by atoms with Crippen LogP contribution in [0, 0.1) is 18.8 Å². The molecule has 29 heavy (non-hydrogen) atoms. The highest BCUT2D eigenvalue weighted by Crippen LogP contribution is 2.34. The second-order valence-corrected chi connectivity index (χ2v) is 9.86. The number of hydrogen-bond acceptors (Lipinski definition) is 3. The number of benzene rings is 2. The Bertz CT molecular complexity index is 870. The van der Waals surface area contributed by atoms with Crippen molar-refractivity contribution in [2.24, 2.45) is 11.8 Å². The fourth-order valence-corrected chi connectivity index (χ4v) is 4.34. The third kappa shape index (κ3) is 4.92. The first kappa shape index (κ1) is 21.2. The summed E-state index contributed by atoms with van der Waals surface area (Å²) in [4.78, 5) is 15.3. The molecule has 4 heteroatoms. The first-order chi connectivity index (χ1) is 13.5. The molecule has 3 N–H and O–H groups in total. The van der Waals surface area contributed by atoms with Crippen molar-refractivity contribution in [3.05, 3.63) is 53.1 Å². The normalized spacial score (nSPS) is 19.9. The summed E-state index contributed by atoms with van der Waals surface area (Å²) in [5, 5.41) is 3.02. The van der Waals surface area contributed by atoms with Gasteiger partial charge in [0.05, 0.1) is 11.4 Å². The number of anilines is 3. The minimum absolute atomic E-state index is 0.0635. The maximum atomic E-state index is 12.8. The summed E-state index contributed by atoms with van der Waals surface area (Å²) >= 11 is 0. The minimum atomic E-state index is -0.132. The molecule has 0 unspecified atom stereocenters. The Balaban J connectivity index is 1.82. The third-order valence-corrected chi connectivity index (χ3v) is 5.84. The summed E-state index contributed by atoms with van der Waals surface area (Å²) in [5.74, 6) is 1.19. The molecule has 2 aromatic carbocycles. The number of nitrogens with zero attached hydrogens (tertiary/aromatic N) is 1. The molecule has 0 aliphatic carbocycles. The first-order valence-electron chi connectivity index (χ1n) is 10.6. The minimum Gasteiger partial charge on any atom is -0.397 e. The lowest BCUT2D eigenvalue weighted by Crippen LogP contribution is -2.39. The molecular weight excluding hydrogens is 358 g/mol. The molecule has 1 aliphatic rings. The maximum absolute atomic E-state index is 12.8. The van der Waals surface area contributed by atoms with Crippen molar-refractivity contribution in [2.45, 2.75) is 53.4 Å². The van der Waals surface area contributed by atoms with E-state index < -0.39 is 0 Å². The Morgan fingerprint density at radius 3 is 2.21 bits per heavy atom. The van der Waals surface area contributed by atoms with Crippen LogP contribution in [0.3, 0.4) is 0 Å². The summed E-state index contributed by atoms with van der Waals surface area (Å²) in [6.45, 7) is 15.3. The lowest BCUT2D eigenvalue weighted by Gasteiger charge is -2.37. The van der Waals surface area contributed by atoms with Crippen LogP contribution in [0.5, 0.6) is 0 Å². The fraction of sp³-hybridized carbons (Fsp3) is 0.480. The summed E-state index contributed by atoms with van der Waals surface area (Å²) in [6, 6.07) is 11.8. The van der Waals surface area contributed by atoms with E-state index in [1.54, 1.807) is 0 Å². The van der Waals surface area contributed by atoms with Gasteiger partial charge in [-0.15, -0.1) is 0 Å². The lowest BCUT2D eigenvalue weighted by molar-refractivity contribution is 0.102. The predicted molar refractivity (Wildman–Crippen MR) is 124 cm³/mol. The van der Waals surface area contributed by atoms with Gasteiger partial charge < -0.3 is 16.0 Å². The molecule has 0 aromatic heterocycles. The van der Waals surface area contributed by atoms with Crippen LogP contribution in [0.4, 0.5) is 17.1 Å². The van der Waals surface area contributed by atoms with Crippen LogP contribution in [0.15, 0.2) is 36.4 Å². The van der Waals surface area contributed by atoms with E-state index in [0.717, 1.165) is 24.3 Å². The van der Waals surface area contributed by atoms with E-state index in [2.05, 4.69) is 51.8 Å². The largest absolute Gasteiger partial charge is 0.397 e. The molecular formula is C25H35N3O. The van der Waals surface area contributed by atoms with Crippen molar-refractivity contribution in [2.75, 3.05) is 29.0 Å². The second kappa shape index (κ2) is 8.10. The number of aryl methyl sites for hydroxylation is 1. The number of nitrogens with one attached hydrogen (secondary N) is 1. The SMILES string of the molecule is Cc1cc(N)c(NC(=O)c2ccc(C(C)(C)C)cc2)cc1N1C[C@H](C)C[C@H](C)C1. The third-order valence-electron chi connectivity index (χ3n) is 5.84. The van der Waals surface area contributed by atoms with E-state index in [1.807, 2.05) is 36.4 Å². The summed E-state index contributed by atoms with van der Waals surface area (Å²) in [6.07, 6.45) is 1.26. The van der Waals surface area contributed by atoms with Gasteiger partial charge in [-0.3, -0.25) is 4.79 Å². The Kier molecular flexibility index (Phi) is 5.92. The smallest absolute Gasteiger partial charge is 0.255 e. The van der Waals surface area contributed by atoms with Gasteiger partial charge in [-0.1, -0.05) is 46.8 Å². The molecule has 1 heterocycles. The van der Waals surface area contributed by atoms with Crippen molar-refractivity contribution in [3.8, 4) is 0 Å². The van der Waals surface area contributed by atoms with E-state index in [1.165, 1.54) is 12.0 Å². The molecule has 0 saturated carbocycles. The number of carbonyl (C=O) groups excluding carboxylic acids is 1. The van der Waals surface area contributed by atoms with Gasteiger partial charge in [0.15, 0.2) is 0 Å². The topological polar surface area (TPSA) is 58.4 Å². The van der Waals surface area contributed by atoms with Crippen molar-refractivity contribution < 1.29 is 4.79 Å². The van der Waals surface area contributed by atoms with Crippen molar-refractivity contribution in [1.29, 1.82) is 0 Å². The van der Waals surface area contributed by atoms with Crippen LogP contribution in [0.25, 0.3) is 0 Å². The number of rotatable bonds is 3. The molecule has 2 aromatic rings. The van der Waals surface area contributed by atoms with E-state index in [0.29, 0.717) is 28.8 Å². The Hall–Kier alpha value is -2.49. The average molecular weight is 394 g/mol. The monoisotopic (exact) mass is 393 g/mol. The van der Waals surface area contributed by atoms with E-state index in [4.69, 9.17) is 5.73 Å². The van der Waals surface area contributed by atoms with Gasteiger partial charge in [-0.2, -0.15) is 0 Å². The van der Waals surface area contributed by atoms with E-state index in [9.17, 15) is 4.79 Å². The molecule has 0 bridgehead atoms. The highest BCUT2D eigenvalue weighted by Gasteiger charge is 2.24. The van der Waals surface area contributed by atoms with Crippen LogP contribution < -0.4 is 16.0 Å². The van der Waals surface area contributed by atoms with Crippen LogP contribution >= 0.6 is 0 Å². The number of carbonyl (C=O) groups is 1. The van der Waals surface area contributed by atoms with Gasteiger partial charge in [0.25, 0.3) is 5.91 Å². The summed E-state index contributed by atoms with van der Waals surface area (Å²) < 4.78 is 0. The number of nitrogen functional groups attached to an aromatic ring is 1. The molecule has 156 valence electrons. The number of nitrogens with two attached hydrogens (primary N) is 1. The number of hydrogen-bond donors (Lipinski definition) is 2. The average Bonchev–Trinajstić information content (AvgIpc) is 2.62. The lowest BCUT2D eigenvalue weighted by atomic mass is 9.87. The second-order valence-electron chi connectivity index (χ2n) is 9.86.